The molecule has 0 unspecified atom stereocenters. The summed E-state index contributed by atoms with van der Waals surface area (Å²) in [6.45, 7) is 0. The Bertz CT molecular complexity index is 2850. The van der Waals surface area contributed by atoms with E-state index in [1.165, 1.54) is 12.2 Å². The van der Waals surface area contributed by atoms with E-state index in [9.17, 15) is 19.2 Å². The van der Waals surface area contributed by atoms with Gasteiger partial charge in [0.2, 0.25) is 0 Å². The molecule has 8 aromatic rings. The van der Waals surface area contributed by atoms with E-state index in [-0.39, 0.29) is 11.5 Å². The lowest BCUT2D eigenvalue weighted by atomic mass is 9.92. The van der Waals surface area contributed by atoms with Gasteiger partial charge in [0.05, 0.1) is 25.3 Å². The molecule has 0 aliphatic rings. The maximum atomic E-state index is 13.5. The van der Waals surface area contributed by atoms with Crippen LogP contribution in [0.2, 0.25) is 0 Å². The van der Waals surface area contributed by atoms with Crippen LogP contribution in [-0.2, 0) is 9.59 Å². The number of fused-ring (bicyclic) bond motifs is 2. The maximum absolute atomic E-state index is 13.5. The van der Waals surface area contributed by atoms with Crippen LogP contribution in [0.3, 0.4) is 0 Å². The van der Waals surface area contributed by atoms with Crippen molar-refractivity contribution in [2.45, 2.75) is 0 Å². The van der Waals surface area contributed by atoms with Crippen molar-refractivity contribution >= 4 is 57.6 Å². The number of esters is 4. The molecule has 0 heterocycles. The van der Waals surface area contributed by atoms with Gasteiger partial charge in [0.25, 0.3) is 0 Å². The Morgan fingerprint density at radius 3 is 1.11 bits per heavy atom. The molecule has 0 aliphatic heterocycles. The number of methoxy groups -OCH3 is 2. The van der Waals surface area contributed by atoms with Crippen molar-refractivity contribution in [3.8, 4) is 45.6 Å². The monoisotopic (exact) mass is 846 g/mol. The molecule has 0 aliphatic carbocycles. The highest BCUT2D eigenvalue weighted by molar-refractivity contribution is 6.11. The minimum atomic E-state index is -0.652. The summed E-state index contributed by atoms with van der Waals surface area (Å²) < 4.78 is 33.3. The predicted molar refractivity (Wildman–Crippen MR) is 245 cm³/mol. The van der Waals surface area contributed by atoms with Gasteiger partial charge in [-0.15, -0.1) is 0 Å². The second kappa shape index (κ2) is 19.3. The predicted octanol–water partition coefficient (Wildman–Crippen LogP) is 11.4. The quantitative estimate of drug-likeness (QED) is 0.0629. The van der Waals surface area contributed by atoms with Crippen molar-refractivity contribution in [3.63, 3.8) is 0 Å². The first-order valence-corrected chi connectivity index (χ1v) is 20.0. The second-order valence-corrected chi connectivity index (χ2v) is 14.2. The summed E-state index contributed by atoms with van der Waals surface area (Å²) >= 11 is 0. The molecule has 8 aromatic carbocycles. The van der Waals surface area contributed by atoms with Crippen molar-refractivity contribution in [3.05, 3.63) is 204 Å². The maximum Gasteiger partial charge on any atom is 0.343 e. The lowest BCUT2D eigenvalue weighted by Gasteiger charge is -2.18. The number of benzene rings is 8. The molecular formula is C54H38O10. The summed E-state index contributed by atoms with van der Waals surface area (Å²) in [4.78, 5) is 52.5. The van der Waals surface area contributed by atoms with Gasteiger partial charge >= 0.3 is 23.9 Å². The van der Waals surface area contributed by atoms with Gasteiger partial charge in [0, 0.05) is 23.3 Å². The van der Waals surface area contributed by atoms with E-state index in [4.69, 9.17) is 28.4 Å². The van der Waals surface area contributed by atoms with Crippen molar-refractivity contribution in [2.75, 3.05) is 14.2 Å². The first-order valence-electron chi connectivity index (χ1n) is 20.0. The number of ether oxygens (including phenoxy) is 6. The topological polar surface area (TPSA) is 124 Å². The fourth-order valence-corrected chi connectivity index (χ4v) is 6.88. The summed E-state index contributed by atoms with van der Waals surface area (Å²) in [5.74, 6) is 0.175. The molecule has 10 nitrogen and oxygen atoms in total. The average molecular weight is 847 g/mol. The van der Waals surface area contributed by atoms with E-state index < -0.39 is 23.9 Å². The van der Waals surface area contributed by atoms with Gasteiger partial charge in [0.15, 0.2) is 0 Å². The number of carbonyl (C=O) groups excluding carboxylic acids is 4. The van der Waals surface area contributed by atoms with E-state index >= 15 is 0 Å². The zero-order valence-electron chi connectivity index (χ0n) is 34.6. The summed E-state index contributed by atoms with van der Waals surface area (Å²) in [5, 5.41) is 3.28. The Labute approximate surface area is 368 Å². The number of carbonyl (C=O) groups is 4. The van der Waals surface area contributed by atoms with Crippen LogP contribution in [0.25, 0.3) is 44.8 Å². The molecule has 0 saturated carbocycles. The van der Waals surface area contributed by atoms with Crippen LogP contribution in [-0.4, -0.2) is 38.1 Å². The van der Waals surface area contributed by atoms with Crippen LogP contribution in [0.1, 0.15) is 31.8 Å². The van der Waals surface area contributed by atoms with Gasteiger partial charge in [-0.2, -0.15) is 0 Å². The molecule has 64 heavy (non-hydrogen) atoms. The Hall–Kier alpha value is -8.76. The fraction of sp³-hybridized carbons (Fsp3) is 0.0370. The molecule has 8 rings (SSSR count). The van der Waals surface area contributed by atoms with Gasteiger partial charge in [-0.05, 0) is 130 Å². The van der Waals surface area contributed by atoms with Gasteiger partial charge in [-0.25, -0.2) is 19.2 Å². The molecule has 0 atom stereocenters. The third-order valence-corrected chi connectivity index (χ3v) is 10.1. The van der Waals surface area contributed by atoms with Gasteiger partial charge in [-0.1, -0.05) is 84.9 Å². The minimum Gasteiger partial charge on any atom is -0.497 e. The molecule has 0 spiro atoms. The highest BCUT2D eigenvalue weighted by Gasteiger charge is 2.21. The Balaban J connectivity index is 1.01. The third kappa shape index (κ3) is 9.88. The summed E-state index contributed by atoms with van der Waals surface area (Å²) in [5.41, 5.74) is 3.07. The Morgan fingerprint density at radius 2 is 0.734 bits per heavy atom. The molecular weight excluding hydrogens is 809 g/mol. The minimum absolute atomic E-state index is 0.250. The molecule has 10 heteroatoms. The van der Waals surface area contributed by atoms with E-state index in [2.05, 4.69) is 0 Å². The Morgan fingerprint density at radius 1 is 0.375 bits per heavy atom. The molecule has 0 saturated heterocycles. The zero-order valence-corrected chi connectivity index (χ0v) is 34.6. The number of rotatable bonds is 13. The first-order chi connectivity index (χ1) is 31.2. The van der Waals surface area contributed by atoms with Crippen molar-refractivity contribution in [2.24, 2.45) is 0 Å². The zero-order chi connectivity index (χ0) is 44.4. The largest absolute Gasteiger partial charge is 0.497 e. The van der Waals surface area contributed by atoms with Crippen LogP contribution in [0.5, 0.6) is 34.5 Å². The molecule has 0 radical (unpaired) electrons. The number of hydrogen-bond donors (Lipinski definition) is 0. The lowest BCUT2D eigenvalue weighted by Crippen LogP contribution is -2.08. The highest BCUT2D eigenvalue weighted by atomic mass is 16.5. The van der Waals surface area contributed by atoms with Crippen LogP contribution in [0, 0.1) is 0 Å². The van der Waals surface area contributed by atoms with E-state index in [0.29, 0.717) is 56.4 Å². The smallest absolute Gasteiger partial charge is 0.343 e. The molecule has 0 fully saturated rings. The molecule has 0 aromatic heterocycles. The summed E-state index contributed by atoms with van der Waals surface area (Å²) in [7, 11) is 3.11. The van der Waals surface area contributed by atoms with Crippen LogP contribution < -0.4 is 28.4 Å². The molecule has 0 bridgehead atoms. The molecule has 0 amide bonds. The average Bonchev–Trinajstić information content (AvgIpc) is 3.33. The summed E-state index contributed by atoms with van der Waals surface area (Å²) in [6, 6.07) is 49.0. The van der Waals surface area contributed by atoms with E-state index in [1.807, 2.05) is 60.7 Å². The van der Waals surface area contributed by atoms with Crippen molar-refractivity contribution in [1.82, 2.24) is 0 Å². The second-order valence-electron chi connectivity index (χ2n) is 14.2. The first kappa shape index (κ1) is 42.0. The summed E-state index contributed by atoms with van der Waals surface area (Å²) in [6.07, 6.45) is 5.77. The van der Waals surface area contributed by atoms with Crippen molar-refractivity contribution in [1.29, 1.82) is 0 Å². The normalized spacial score (nSPS) is 11.1. The van der Waals surface area contributed by atoms with Gasteiger partial charge in [0.1, 0.15) is 34.5 Å². The molecule has 314 valence electrons. The Kier molecular flexibility index (Phi) is 12.7. The standard InChI is InChI=1S/C54H38O10/c1-59-41-23-27-43(28-24-41)61-53(57)39-17-11-35(12-18-39)15-33-49(55)63-47-31-21-37-7-3-5-9-45(37)51(47)52-46-10-6-4-8-38(46)22-32-48(52)64-50(56)34-16-36-13-19-40(20-14-36)54(58)62-44-29-25-42(60-2)26-30-44/h3-34H,1-2H3/b33-15+,34-16+. The highest BCUT2D eigenvalue weighted by Crippen LogP contribution is 2.45. The lowest BCUT2D eigenvalue weighted by molar-refractivity contribution is -0.129. The number of hydrogen-bond acceptors (Lipinski definition) is 10. The SMILES string of the molecule is COc1ccc(OC(=O)c2ccc(/C=C/C(=O)Oc3ccc4ccccc4c3-c3c(OC(=O)/C=C/c4ccc(C(=O)Oc5ccc(OC)cc5)cc4)ccc4ccccc34)cc2)cc1. The molecule has 0 N–H and O–H groups in total. The van der Waals surface area contributed by atoms with Crippen LogP contribution >= 0.6 is 0 Å². The third-order valence-electron chi connectivity index (χ3n) is 10.1. The van der Waals surface area contributed by atoms with Crippen molar-refractivity contribution < 1.29 is 47.6 Å². The fourth-order valence-electron chi connectivity index (χ4n) is 6.88. The van der Waals surface area contributed by atoms with Gasteiger partial charge in [-0.3, -0.25) is 0 Å². The van der Waals surface area contributed by atoms with Crippen LogP contribution in [0.4, 0.5) is 0 Å². The van der Waals surface area contributed by atoms with Gasteiger partial charge < -0.3 is 28.4 Å². The van der Waals surface area contributed by atoms with Crippen LogP contribution in [0.15, 0.2) is 182 Å². The van der Waals surface area contributed by atoms with E-state index in [0.717, 1.165) is 21.5 Å². The van der Waals surface area contributed by atoms with E-state index in [1.54, 1.807) is 136 Å².